The van der Waals surface area contributed by atoms with Crippen LogP contribution < -0.4 is 9.79 Å². The van der Waals surface area contributed by atoms with E-state index >= 15 is 0 Å². The van der Waals surface area contributed by atoms with Crippen LogP contribution in [-0.2, 0) is 28.6 Å². The summed E-state index contributed by atoms with van der Waals surface area (Å²) in [7, 11) is 0. The van der Waals surface area contributed by atoms with Gasteiger partial charge >= 0.3 is 19.5 Å². The van der Waals surface area contributed by atoms with Crippen LogP contribution >= 0.6 is 57.1 Å². The first kappa shape index (κ1) is 41.9. The van der Waals surface area contributed by atoms with Gasteiger partial charge in [0.15, 0.2) is 0 Å². The van der Waals surface area contributed by atoms with Crippen molar-refractivity contribution in [1.82, 2.24) is 0 Å². The van der Waals surface area contributed by atoms with Crippen LogP contribution in [0.1, 0.15) is 130 Å². The molecule has 0 aliphatic heterocycles. The summed E-state index contributed by atoms with van der Waals surface area (Å²) in [5.74, 6) is -3.35. The molecule has 0 heterocycles. The maximum Gasteiger partial charge on any atom is 2.00 e. The molecule has 208 valence electrons. The fourth-order valence-electron chi connectivity index (χ4n) is 2.90. The normalized spacial score (nSPS) is 11.6. The van der Waals surface area contributed by atoms with Gasteiger partial charge in [0.1, 0.15) is 11.5 Å². The summed E-state index contributed by atoms with van der Waals surface area (Å²) in [4.78, 5) is 23.3. The summed E-state index contributed by atoms with van der Waals surface area (Å²) >= 11 is 4.62. The summed E-state index contributed by atoms with van der Waals surface area (Å²) < 4.78 is 23.3. The Morgan fingerprint density at radius 3 is 0.800 bits per heavy atom. The van der Waals surface area contributed by atoms with Crippen molar-refractivity contribution in [2.24, 2.45) is 0 Å². The molecule has 4 nitrogen and oxygen atoms in total. The van der Waals surface area contributed by atoms with E-state index in [1.54, 1.807) is 0 Å². The van der Waals surface area contributed by atoms with E-state index in [4.69, 9.17) is 0 Å². The van der Waals surface area contributed by atoms with E-state index < -0.39 is 11.5 Å². The molecule has 0 saturated carbocycles. The molecule has 0 spiro atoms. The monoisotopic (exact) mass is 658 g/mol. The van der Waals surface area contributed by atoms with E-state index in [0.29, 0.717) is 0 Å². The molecule has 0 atom stereocenters. The standard InChI is InChI=1S/2C12H27O2PS2.Zn/c2*1-3-5-7-9-11-16-15(13,14)17-12-10-8-6-4-2;/h2*3-12H2,1-2H3,(H,13,14);/q;;+2/p-2. The fourth-order valence-corrected chi connectivity index (χ4v) is 14.0. The number of rotatable bonds is 24. The van der Waals surface area contributed by atoms with Crippen molar-refractivity contribution in [1.29, 1.82) is 0 Å². The zero-order valence-corrected chi connectivity index (χ0v) is 31.0. The molecule has 0 rings (SSSR count). The Morgan fingerprint density at radius 2 is 0.629 bits per heavy atom. The second-order valence-corrected chi connectivity index (χ2v) is 23.2. The molecule has 0 unspecified atom stereocenters. The van der Waals surface area contributed by atoms with E-state index in [1.165, 1.54) is 51.4 Å². The third kappa shape index (κ3) is 36.4. The van der Waals surface area contributed by atoms with Crippen LogP contribution in [0, 0.1) is 0 Å². The Morgan fingerprint density at radius 1 is 0.429 bits per heavy atom. The van der Waals surface area contributed by atoms with Gasteiger partial charge in [-0.05, 0) is 25.7 Å². The van der Waals surface area contributed by atoms with Gasteiger partial charge < -0.3 is 18.9 Å². The summed E-state index contributed by atoms with van der Waals surface area (Å²) in [6, 6.07) is 0. The van der Waals surface area contributed by atoms with Crippen LogP contribution in [0.25, 0.3) is 0 Å². The first-order valence-electron chi connectivity index (χ1n) is 13.4. The second kappa shape index (κ2) is 30.9. The molecule has 35 heavy (non-hydrogen) atoms. The van der Waals surface area contributed by atoms with Crippen LogP contribution in [0.2, 0.25) is 0 Å². The molecule has 0 fully saturated rings. The average molecular weight is 660 g/mol. The summed E-state index contributed by atoms with van der Waals surface area (Å²) in [6.07, 6.45) is 18.4. The fraction of sp³-hybridized carbons (Fsp3) is 1.00. The van der Waals surface area contributed by atoms with Crippen LogP contribution in [0.4, 0.5) is 0 Å². The van der Waals surface area contributed by atoms with Crippen LogP contribution in [0.3, 0.4) is 0 Å². The van der Waals surface area contributed by atoms with E-state index in [2.05, 4.69) is 27.7 Å². The molecule has 0 aliphatic carbocycles. The molecule has 0 bridgehead atoms. The van der Waals surface area contributed by atoms with E-state index in [0.717, 1.165) is 120 Å². The molecule has 0 amide bonds. The van der Waals surface area contributed by atoms with E-state index in [9.17, 15) is 18.9 Å². The zero-order valence-electron chi connectivity index (χ0n) is 23.0. The Bertz CT molecular complexity index is 440. The number of unbranched alkanes of at least 4 members (excludes halogenated alkanes) is 12. The summed E-state index contributed by atoms with van der Waals surface area (Å²) in [5, 5.41) is 0. The summed E-state index contributed by atoms with van der Waals surface area (Å²) in [5.41, 5.74) is 0. The van der Waals surface area contributed by atoms with Crippen LogP contribution in [0.5, 0.6) is 0 Å². The minimum Gasteiger partial charge on any atom is -0.784 e. The van der Waals surface area contributed by atoms with Gasteiger partial charge in [0, 0.05) is 23.0 Å². The Hall–Kier alpha value is 2.40. The minimum absolute atomic E-state index is 0. The largest absolute Gasteiger partial charge is 2.00 e. The predicted molar refractivity (Wildman–Crippen MR) is 162 cm³/mol. The van der Waals surface area contributed by atoms with Gasteiger partial charge in [-0.15, -0.1) is 45.5 Å². The molecular formula is C24H52O4P2S4Zn. The van der Waals surface area contributed by atoms with E-state index in [-0.39, 0.29) is 19.5 Å². The predicted octanol–water partition coefficient (Wildman–Crippen LogP) is 10.2. The molecule has 0 aromatic heterocycles. The van der Waals surface area contributed by atoms with Gasteiger partial charge in [-0.2, -0.15) is 0 Å². The maximum atomic E-state index is 11.6. The van der Waals surface area contributed by atoms with Crippen LogP contribution in [-0.4, -0.2) is 23.0 Å². The van der Waals surface area contributed by atoms with Crippen molar-refractivity contribution in [2.45, 2.75) is 130 Å². The minimum atomic E-state index is -3.21. The molecule has 11 heteroatoms. The molecule has 0 aliphatic rings. The molecule has 0 N–H and O–H groups in total. The Labute approximate surface area is 247 Å². The van der Waals surface area contributed by atoms with Gasteiger partial charge in [0.05, 0.1) is 0 Å². The third-order valence-corrected chi connectivity index (χ3v) is 17.9. The molecule has 0 radical (unpaired) electrons. The molecule has 0 aromatic carbocycles. The SMILES string of the molecule is CCCCCCSP(=O)([O-])SCCCCCC.CCCCCCSP(=O)([O-])SCCCCCC.[Zn+2]. The number of hydrogen-bond donors (Lipinski definition) is 0. The van der Waals surface area contributed by atoms with Crippen molar-refractivity contribution in [3.63, 3.8) is 0 Å². The summed E-state index contributed by atoms with van der Waals surface area (Å²) in [6.45, 7) is 8.66. The molecule has 0 aromatic rings. The van der Waals surface area contributed by atoms with Crippen molar-refractivity contribution in [3.8, 4) is 0 Å². The number of hydrogen-bond acceptors (Lipinski definition) is 8. The third-order valence-electron chi connectivity index (χ3n) is 4.99. The van der Waals surface area contributed by atoms with Crippen molar-refractivity contribution in [2.75, 3.05) is 23.0 Å². The smallest absolute Gasteiger partial charge is 0.784 e. The topological polar surface area (TPSA) is 80.3 Å². The first-order valence-corrected chi connectivity index (χ1v) is 23.1. The molecule has 0 saturated heterocycles. The van der Waals surface area contributed by atoms with Crippen LogP contribution in [0.15, 0.2) is 0 Å². The van der Waals surface area contributed by atoms with Gasteiger partial charge in [0.2, 0.25) is 0 Å². The van der Waals surface area contributed by atoms with Gasteiger partial charge in [-0.25, -0.2) is 0 Å². The first-order chi connectivity index (χ1) is 16.2. The van der Waals surface area contributed by atoms with Gasteiger partial charge in [-0.1, -0.05) is 105 Å². The van der Waals surface area contributed by atoms with Crippen molar-refractivity contribution < 1.29 is 38.4 Å². The van der Waals surface area contributed by atoms with E-state index in [1.807, 2.05) is 0 Å². The zero-order chi connectivity index (χ0) is 26.0. The van der Waals surface area contributed by atoms with Crippen molar-refractivity contribution in [3.05, 3.63) is 0 Å². The molecular weight excluding hydrogens is 608 g/mol. The quantitative estimate of drug-likeness (QED) is 0.0575. The van der Waals surface area contributed by atoms with Gasteiger partial charge in [-0.3, -0.25) is 0 Å². The maximum absolute atomic E-state index is 11.6. The average Bonchev–Trinajstić information content (AvgIpc) is 2.79. The Balaban J connectivity index is -0.000000569. The second-order valence-electron chi connectivity index (χ2n) is 8.47. The van der Waals surface area contributed by atoms with Crippen molar-refractivity contribution >= 4 is 57.1 Å². The Kier molecular flexibility index (Phi) is 37.0. The van der Waals surface area contributed by atoms with Gasteiger partial charge in [0.25, 0.3) is 0 Å².